The molecule has 0 saturated heterocycles. The normalized spacial score (nSPS) is 11.4. The van der Waals surface area contributed by atoms with Crippen LogP contribution in [0.4, 0.5) is 0 Å². The first-order chi connectivity index (χ1) is 9.15. The highest BCUT2D eigenvalue weighted by molar-refractivity contribution is 5.69. The Hall–Kier alpha value is -0.610. The first-order valence-electron chi connectivity index (χ1n) is 7.41. The summed E-state index contributed by atoms with van der Waals surface area (Å²) < 4.78 is 9.63. The molecule has 0 aromatic carbocycles. The van der Waals surface area contributed by atoms with Gasteiger partial charge in [-0.3, -0.25) is 4.79 Å². The average molecular weight is 276 g/mol. The second-order valence-electron chi connectivity index (χ2n) is 4.57. The largest absolute Gasteiger partial charge is 0.465 e. The SMILES string of the molecule is CCCCC(CC)COC(=O)CCC.COCCO. The van der Waals surface area contributed by atoms with E-state index in [4.69, 9.17) is 9.84 Å². The van der Waals surface area contributed by atoms with Crippen LogP contribution >= 0.6 is 0 Å². The zero-order chi connectivity index (χ0) is 14.9. The van der Waals surface area contributed by atoms with Crippen molar-refractivity contribution in [2.45, 2.75) is 59.3 Å². The molecule has 0 rings (SSSR count). The van der Waals surface area contributed by atoms with Gasteiger partial charge in [0.05, 0.1) is 19.8 Å². The summed E-state index contributed by atoms with van der Waals surface area (Å²) in [6, 6.07) is 0. The fourth-order valence-electron chi connectivity index (χ4n) is 1.48. The molecule has 0 amide bonds. The van der Waals surface area contributed by atoms with Crippen LogP contribution in [0, 0.1) is 5.92 Å². The maximum atomic E-state index is 11.1. The maximum Gasteiger partial charge on any atom is 0.305 e. The second kappa shape index (κ2) is 17.4. The molecule has 1 unspecified atom stereocenters. The monoisotopic (exact) mass is 276 g/mol. The molecule has 4 nitrogen and oxygen atoms in total. The maximum absolute atomic E-state index is 11.1. The lowest BCUT2D eigenvalue weighted by Crippen LogP contribution is -2.13. The minimum atomic E-state index is -0.0394. The van der Waals surface area contributed by atoms with E-state index in [9.17, 15) is 4.79 Å². The van der Waals surface area contributed by atoms with Gasteiger partial charge < -0.3 is 14.6 Å². The molecular formula is C15H32O4. The van der Waals surface area contributed by atoms with Gasteiger partial charge in [-0.2, -0.15) is 0 Å². The zero-order valence-corrected chi connectivity index (χ0v) is 13.1. The van der Waals surface area contributed by atoms with Gasteiger partial charge >= 0.3 is 5.97 Å². The van der Waals surface area contributed by atoms with Gasteiger partial charge in [0.1, 0.15) is 0 Å². The fourth-order valence-corrected chi connectivity index (χ4v) is 1.48. The number of hydrogen-bond donors (Lipinski definition) is 1. The highest BCUT2D eigenvalue weighted by atomic mass is 16.5. The number of hydrogen-bond acceptors (Lipinski definition) is 4. The molecule has 0 radical (unpaired) electrons. The molecule has 4 heteroatoms. The number of ether oxygens (including phenoxy) is 2. The Morgan fingerprint density at radius 1 is 1.21 bits per heavy atom. The van der Waals surface area contributed by atoms with Crippen LogP contribution in [-0.4, -0.2) is 38.0 Å². The van der Waals surface area contributed by atoms with E-state index in [1.807, 2.05) is 6.92 Å². The molecule has 0 bridgehead atoms. The van der Waals surface area contributed by atoms with Gasteiger partial charge in [0.2, 0.25) is 0 Å². The number of aliphatic hydroxyl groups excluding tert-OH is 1. The van der Waals surface area contributed by atoms with Crippen LogP contribution in [-0.2, 0) is 14.3 Å². The Kier molecular flexibility index (Phi) is 18.9. The van der Waals surface area contributed by atoms with Crippen LogP contribution in [0.5, 0.6) is 0 Å². The summed E-state index contributed by atoms with van der Waals surface area (Å²) in [5, 5.41) is 7.94. The molecule has 0 aliphatic heterocycles. The van der Waals surface area contributed by atoms with E-state index in [0.29, 0.717) is 25.6 Å². The van der Waals surface area contributed by atoms with Gasteiger partial charge in [-0.05, 0) is 18.8 Å². The summed E-state index contributed by atoms with van der Waals surface area (Å²) in [4.78, 5) is 11.1. The lowest BCUT2D eigenvalue weighted by Gasteiger charge is -2.14. The van der Waals surface area contributed by atoms with E-state index in [2.05, 4.69) is 18.6 Å². The smallest absolute Gasteiger partial charge is 0.305 e. The van der Waals surface area contributed by atoms with E-state index >= 15 is 0 Å². The molecule has 1 N–H and O–H groups in total. The molecule has 0 heterocycles. The molecular weight excluding hydrogens is 244 g/mol. The molecule has 1 atom stereocenters. The van der Waals surface area contributed by atoms with Crippen LogP contribution in [0.25, 0.3) is 0 Å². The van der Waals surface area contributed by atoms with Gasteiger partial charge in [-0.15, -0.1) is 0 Å². The zero-order valence-electron chi connectivity index (χ0n) is 13.1. The topological polar surface area (TPSA) is 55.8 Å². The summed E-state index contributed by atoms with van der Waals surface area (Å²) in [6.07, 6.45) is 6.20. The lowest BCUT2D eigenvalue weighted by molar-refractivity contribution is -0.145. The minimum absolute atomic E-state index is 0.0394. The molecule has 19 heavy (non-hydrogen) atoms. The predicted molar refractivity (Wildman–Crippen MR) is 78.1 cm³/mol. The van der Waals surface area contributed by atoms with Crippen molar-refractivity contribution in [3.05, 3.63) is 0 Å². The number of unbranched alkanes of at least 4 members (excludes halogenated alkanes) is 1. The molecule has 0 aliphatic rings. The van der Waals surface area contributed by atoms with E-state index < -0.39 is 0 Å². The van der Waals surface area contributed by atoms with Gasteiger partial charge in [-0.25, -0.2) is 0 Å². The van der Waals surface area contributed by atoms with Crippen molar-refractivity contribution in [2.24, 2.45) is 5.92 Å². The van der Waals surface area contributed by atoms with Crippen molar-refractivity contribution >= 4 is 5.97 Å². The van der Waals surface area contributed by atoms with Gasteiger partial charge in [0.15, 0.2) is 0 Å². The van der Waals surface area contributed by atoms with E-state index in [1.54, 1.807) is 7.11 Å². The summed E-state index contributed by atoms with van der Waals surface area (Å²) in [5.41, 5.74) is 0. The van der Waals surface area contributed by atoms with Gasteiger partial charge in [0.25, 0.3) is 0 Å². The van der Waals surface area contributed by atoms with Gasteiger partial charge in [-0.1, -0.05) is 40.0 Å². The van der Waals surface area contributed by atoms with Gasteiger partial charge in [0, 0.05) is 13.5 Å². The average Bonchev–Trinajstić information content (AvgIpc) is 2.41. The first-order valence-corrected chi connectivity index (χ1v) is 7.41. The Labute approximate surface area is 118 Å². The first kappa shape index (κ1) is 20.7. The number of methoxy groups -OCH3 is 1. The molecule has 0 spiro atoms. The van der Waals surface area contributed by atoms with Crippen molar-refractivity contribution in [1.29, 1.82) is 0 Å². The number of carbonyl (C=O) groups excluding carboxylic acids is 1. The highest BCUT2D eigenvalue weighted by Gasteiger charge is 2.08. The second-order valence-corrected chi connectivity index (χ2v) is 4.57. The number of aliphatic hydroxyl groups is 1. The van der Waals surface area contributed by atoms with E-state index in [0.717, 1.165) is 12.8 Å². The van der Waals surface area contributed by atoms with Crippen LogP contribution in [0.15, 0.2) is 0 Å². The van der Waals surface area contributed by atoms with Crippen molar-refractivity contribution in [2.75, 3.05) is 26.9 Å². The fraction of sp³-hybridized carbons (Fsp3) is 0.933. The van der Waals surface area contributed by atoms with Crippen molar-refractivity contribution in [3.8, 4) is 0 Å². The number of rotatable bonds is 10. The Bertz CT molecular complexity index is 181. The standard InChI is InChI=1S/C12H24O2.C3H8O2/c1-4-7-9-11(6-3)10-14-12(13)8-5-2;1-5-3-2-4/h11H,4-10H2,1-3H3;4H,2-3H2,1H3. The molecule has 0 aromatic heterocycles. The summed E-state index contributed by atoms with van der Waals surface area (Å²) >= 11 is 0. The summed E-state index contributed by atoms with van der Waals surface area (Å²) in [7, 11) is 1.55. The molecule has 0 fully saturated rings. The molecule has 116 valence electrons. The molecule has 0 aromatic rings. The Balaban J connectivity index is 0. The summed E-state index contributed by atoms with van der Waals surface area (Å²) in [6.45, 7) is 7.53. The van der Waals surface area contributed by atoms with Crippen molar-refractivity contribution in [3.63, 3.8) is 0 Å². The van der Waals surface area contributed by atoms with Crippen LogP contribution < -0.4 is 0 Å². The van der Waals surface area contributed by atoms with E-state index in [1.165, 1.54) is 19.3 Å². The number of carbonyl (C=O) groups is 1. The molecule has 0 saturated carbocycles. The van der Waals surface area contributed by atoms with E-state index in [-0.39, 0.29) is 12.6 Å². The lowest BCUT2D eigenvalue weighted by atomic mass is 10.0. The summed E-state index contributed by atoms with van der Waals surface area (Å²) in [5.74, 6) is 0.526. The quantitative estimate of drug-likeness (QED) is 0.623. The molecule has 0 aliphatic carbocycles. The highest BCUT2D eigenvalue weighted by Crippen LogP contribution is 2.13. The van der Waals surface area contributed by atoms with Crippen LogP contribution in [0.1, 0.15) is 59.3 Å². The minimum Gasteiger partial charge on any atom is -0.465 e. The third kappa shape index (κ3) is 17.4. The number of esters is 1. The van der Waals surface area contributed by atoms with Crippen molar-refractivity contribution in [1.82, 2.24) is 0 Å². The third-order valence-electron chi connectivity index (χ3n) is 2.77. The van der Waals surface area contributed by atoms with Crippen molar-refractivity contribution < 1.29 is 19.4 Å². The Morgan fingerprint density at radius 3 is 2.26 bits per heavy atom. The third-order valence-corrected chi connectivity index (χ3v) is 2.77. The Morgan fingerprint density at radius 2 is 1.89 bits per heavy atom. The van der Waals surface area contributed by atoms with Crippen LogP contribution in [0.3, 0.4) is 0 Å². The van der Waals surface area contributed by atoms with Crippen LogP contribution in [0.2, 0.25) is 0 Å². The predicted octanol–water partition coefficient (Wildman–Crippen LogP) is 3.17.